The molecule has 4 nitrogen and oxygen atoms in total. The van der Waals surface area contributed by atoms with Crippen LogP contribution in [-0.2, 0) is 11.3 Å². The molecule has 0 bridgehead atoms. The molecule has 5 heteroatoms. The number of rotatable bonds is 3. The Hall–Kier alpha value is -2.33. The Morgan fingerprint density at radius 3 is 2.46 bits per heavy atom. The molecule has 1 amide bonds. The third-order valence-electron chi connectivity index (χ3n) is 5.00. The second kappa shape index (κ2) is 7.50. The maximum Gasteiger partial charge on any atom is 0.244 e. The molecule has 134 valence electrons. The highest BCUT2D eigenvalue weighted by atomic mass is 35.5. The Morgan fingerprint density at radius 2 is 1.73 bits per heavy atom. The number of carbonyl (C=O) groups excluding carboxylic acids is 1. The van der Waals surface area contributed by atoms with E-state index in [1.54, 1.807) is 0 Å². The predicted octanol–water partition coefficient (Wildman–Crippen LogP) is 4.76. The highest BCUT2D eigenvalue weighted by Crippen LogP contribution is 2.30. The minimum absolute atomic E-state index is 0.144. The molecular formula is C21H22ClN3O. The smallest absolute Gasteiger partial charge is 0.244 e. The molecule has 1 fully saturated rings. The highest BCUT2D eigenvalue weighted by molar-refractivity contribution is 6.31. The molecule has 1 aromatic heterocycles. The molecule has 0 atom stereocenters. The van der Waals surface area contributed by atoms with Gasteiger partial charge >= 0.3 is 0 Å². The standard InChI is InChI=1S/C21H22ClN3O/c22-17-10-11-19-18(14-17)21(16-8-4-3-5-9-16)23-25(19)15-20(26)24-12-6-1-2-7-13-24/h3-5,8-11,14H,1-2,6-7,12-13,15H2. The normalized spacial score (nSPS) is 15.2. The lowest BCUT2D eigenvalue weighted by Gasteiger charge is -2.20. The highest BCUT2D eigenvalue weighted by Gasteiger charge is 2.19. The van der Waals surface area contributed by atoms with Crippen molar-refractivity contribution in [2.24, 2.45) is 0 Å². The number of hydrogen-bond acceptors (Lipinski definition) is 2. The van der Waals surface area contributed by atoms with Crippen molar-refractivity contribution in [1.29, 1.82) is 0 Å². The molecular weight excluding hydrogens is 346 g/mol. The van der Waals surface area contributed by atoms with E-state index in [9.17, 15) is 4.79 Å². The summed E-state index contributed by atoms with van der Waals surface area (Å²) in [6.45, 7) is 1.98. The molecule has 2 aromatic carbocycles. The van der Waals surface area contributed by atoms with Gasteiger partial charge in [-0.25, -0.2) is 0 Å². The van der Waals surface area contributed by atoms with Gasteiger partial charge in [-0.05, 0) is 31.0 Å². The quantitative estimate of drug-likeness (QED) is 0.669. The molecule has 0 spiro atoms. The molecule has 0 N–H and O–H groups in total. The fraction of sp³-hybridized carbons (Fsp3) is 0.333. The van der Waals surface area contributed by atoms with Crippen molar-refractivity contribution in [2.45, 2.75) is 32.2 Å². The third kappa shape index (κ3) is 3.47. The van der Waals surface area contributed by atoms with Crippen molar-refractivity contribution in [3.8, 4) is 11.3 Å². The van der Waals surface area contributed by atoms with Crippen molar-refractivity contribution in [1.82, 2.24) is 14.7 Å². The molecule has 0 aliphatic carbocycles. The van der Waals surface area contributed by atoms with Gasteiger partial charge in [0.2, 0.25) is 5.91 Å². The lowest BCUT2D eigenvalue weighted by Crippen LogP contribution is -2.34. The summed E-state index contributed by atoms with van der Waals surface area (Å²) >= 11 is 6.22. The summed E-state index contributed by atoms with van der Waals surface area (Å²) in [7, 11) is 0. The molecule has 26 heavy (non-hydrogen) atoms. The molecule has 2 heterocycles. The van der Waals surface area contributed by atoms with Gasteiger partial charge in [-0.1, -0.05) is 54.8 Å². The van der Waals surface area contributed by atoms with Crippen LogP contribution in [0.2, 0.25) is 5.02 Å². The second-order valence-electron chi connectivity index (χ2n) is 6.83. The summed E-state index contributed by atoms with van der Waals surface area (Å²) < 4.78 is 1.82. The number of nitrogens with zero attached hydrogens (tertiary/aromatic N) is 3. The second-order valence-corrected chi connectivity index (χ2v) is 7.27. The van der Waals surface area contributed by atoms with E-state index < -0.39 is 0 Å². The van der Waals surface area contributed by atoms with Gasteiger partial charge in [0.25, 0.3) is 0 Å². The fourth-order valence-corrected chi connectivity index (χ4v) is 3.80. The molecule has 4 rings (SSSR count). The molecule has 0 unspecified atom stereocenters. The number of aromatic nitrogens is 2. The van der Waals surface area contributed by atoms with E-state index in [0.29, 0.717) is 5.02 Å². The van der Waals surface area contributed by atoms with E-state index in [0.717, 1.165) is 48.1 Å². The van der Waals surface area contributed by atoms with E-state index in [4.69, 9.17) is 16.7 Å². The van der Waals surface area contributed by atoms with Crippen LogP contribution in [0.4, 0.5) is 0 Å². The number of likely N-dealkylation sites (tertiary alicyclic amines) is 1. The summed E-state index contributed by atoms with van der Waals surface area (Å²) in [6.07, 6.45) is 4.61. The number of hydrogen-bond donors (Lipinski definition) is 0. The minimum Gasteiger partial charge on any atom is -0.341 e. The van der Waals surface area contributed by atoms with Gasteiger partial charge in [0.15, 0.2) is 0 Å². The number of halogens is 1. The first kappa shape index (κ1) is 17.1. The molecule has 1 saturated heterocycles. The topological polar surface area (TPSA) is 38.1 Å². The summed E-state index contributed by atoms with van der Waals surface area (Å²) in [5.41, 5.74) is 2.84. The zero-order chi connectivity index (χ0) is 17.9. The van der Waals surface area contributed by atoms with Crippen LogP contribution in [0.5, 0.6) is 0 Å². The lowest BCUT2D eigenvalue weighted by molar-refractivity contribution is -0.131. The van der Waals surface area contributed by atoms with Crippen LogP contribution in [0.25, 0.3) is 22.2 Å². The Balaban J connectivity index is 1.70. The lowest BCUT2D eigenvalue weighted by atomic mass is 10.1. The van der Waals surface area contributed by atoms with Gasteiger partial charge in [0.05, 0.1) is 5.52 Å². The molecule has 1 aliphatic rings. The van der Waals surface area contributed by atoms with Crippen LogP contribution in [0.3, 0.4) is 0 Å². The molecule has 1 aliphatic heterocycles. The van der Waals surface area contributed by atoms with E-state index in [1.165, 1.54) is 12.8 Å². The summed E-state index contributed by atoms with van der Waals surface area (Å²) in [6, 6.07) is 15.8. The Morgan fingerprint density at radius 1 is 1.00 bits per heavy atom. The Labute approximate surface area is 158 Å². The number of amides is 1. The van der Waals surface area contributed by atoms with Crippen LogP contribution in [0.1, 0.15) is 25.7 Å². The molecule has 3 aromatic rings. The van der Waals surface area contributed by atoms with Gasteiger partial charge in [0.1, 0.15) is 12.2 Å². The van der Waals surface area contributed by atoms with Crippen LogP contribution >= 0.6 is 11.6 Å². The minimum atomic E-state index is 0.144. The van der Waals surface area contributed by atoms with Crippen molar-refractivity contribution in [2.75, 3.05) is 13.1 Å². The van der Waals surface area contributed by atoms with Crippen LogP contribution in [0, 0.1) is 0 Å². The van der Waals surface area contributed by atoms with Crippen molar-refractivity contribution >= 4 is 28.4 Å². The van der Waals surface area contributed by atoms with E-state index in [-0.39, 0.29) is 12.5 Å². The van der Waals surface area contributed by atoms with Crippen molar-refractivity contribution < 1.29 is 4.79 Å². The monoisotopic (exact) mass is 367 g/mol. The average molecular weight is 368 g/mol. The van der Waals surface area contributed by atoms with Crippen molar-refractivity contribution in [3.05, 3.63) is 53.6 Å². The summed E-state index contributed by atoms with van der Waals surface area (Å²) in [5.74, 6) is 0.144. The summed E-state index contributed by atoms with van der Waals surface area (Å²) in [5, 5.41) is 6.42. The first-order valence-corrected chi connectivity index (χ1v) is 9.59. The fourth-order valence-electron chi connectivity index (χ4n) is 3.63. The SMILES string of the molecule is O=C(Cn1nc(-c2ccccc2)c2cc(Cl)ccc21)N1CCCCCC1. The van der Waals surface area contributed by atoms with Gasteiger partial charge in [0, 0.05) is 29.1 Å². The first-order valence-electron chi connectivity index (χ1n) is 9.21. The zero-order valence-electron chi connectivity index (χ0n) is 14.7. The van der Waals surface area contributed by atoms with Gasteiger partial charge in [-0.2, -0.15) is 5.10 Å². The number of benzene rings is 2. The predicted molar refractivity (Wildman–Crippen MR) is 105 cm³/mol. The first-order chi connectivity index (χ1) is 12.7. The maximum absolute atomic E-state index is 12.8. The zero-order valence-corrected chi connectivity index (χ0v) is 15.5. The van der Waals surface area contributed by atoms with E-state index in [1.807, 2.05) is 58.1 Å². The van der Waals surface area contributed by atoms with Crippen molar-refractivity contribution in [3.63, 3.8) is 0 Å². The van der Waals surface area contributed by atoms with Gasteiger partial charge in [-0.3, -0.25) is 9.48 Å². The van der Waals surface area contributed by atoms with Gasteiger partial charge < -0.3 is 4.90 Å². The van der Waals surface area contributed by atoms with Crippen LogP contribution in [0.15, 0.2) is 48.5 Å². The molecule has 0 saturated carbocycles. The maximum atomic E-state index is 12.8. The van der Waals surface area contributed by atoms with Crippen LogP contribution in [-0.4, -0.2) is 33.7 Å². The van der Waals surface area contributed by atoms with Gasteiger partial charge in [-0.15, -0.1) is 0 Å². The number of fused-ring (bicyclic) bond motifs is 1. The van der Waals surface area contributed by atoms with E-state index in [2.05, 4.69) is 0 Å². The average Bonchev–Trinajstić information content (AvgIpc) is 2.84. The Kier molecular flexibility index (Phi) is 4.93. The summed E-state index contributed by atoms with van der Waals surface area (Å²) in [4.78, 5) is 14.8. The van der Waals surface area contributed by atoms with Crippen LogP contribution < -0.4 is 0 Å². The Bertz CT molecular complexity index is 912. The number of carbonyl (C=O) groups is 1. The van der Waals surface area contributed by atoms with E-state index >= 15 is 0 Å². The molecule has 0 radical (unpaired) electrons. The largest absolute Gasteiger partial charge is 0.341 e. The third-order valence-corrected chi connectivity index (χ3v) is 5.24.